The Morgan fingerprint density at radius 3 is 2.84 bits per heavy atom. The maximum Gasteiger partial charge on any atom is 0.223 e. The quantitative estimate of drug-likeness (QED) is 0.629. The summed E-state index contributed by atoms with van der Waals surface area (Å²) in [7, 11) is 4.03. The van der Waals surface area contributed by atoms with E-state index in [0.717, 1.165) is 25.8 Å². The highest BCUT2D eigenvalue weighted by atomic mass is 16.5. The Bertz CT molecular complexity index is 259. The molecule has 1 amide bonds. The average molecular weight is 271 g/mol. The van der Waals surface area contributed by atoms with Crippen molar-refractivity contribution in [3.63, 3.8) is 0 Å². The van der Waals surface area contributed by atoms with E-state index in [1.54, 1.807) is 0 Å². The largest absolute Gasteiger partial charge is 0.378 e. The summed E-state index contributed by atoms with van der Waals surface area (Å²) in [6.07, 6.45) is 4.25. The topological polar surface area (TPSA) is 67.6 Å². The second kappa shape index (κ2) is 9.28. The first-order chi connectivity index (χ1) is 9.13. The summed E-state index contributed by atoms with van der Waals surface area (Å²) in [4.78, 5) is 14.1. The van der Waals surface area contributed by atoms with E-state index >= 15 is 0 Å². The summed E-state index contributed by atoms with van der Waals surface area (Å²) in [6, 6.07) is 0. The van der Waals surface area contributed by atoms with Gasteiger partial charge in [-0.25, -0.2) is 0 Å². The van der Waals surface area contributed by atoms with Gasteiger partial charge in [-0.05, 0) is 45.8 Å². The molecule has 1 aliphatic rings. The Hall–Kier alpha value is -0.650. The van der Waals surface area contributed by atoms with Gasteiger partial charge in [-0.15, -0.1) is 0 Å². The molecular formula is C14H29N3O2. The zero-order valence-corrected chi connectivity index (χ0v) is 12.4. The molecule has 2 unspecified atom stereocenters. The van der Waals surface area contributed by atoms with Crippen LogP contribution < -0.4 is 11.1 Å². The summed E-state index contributed by atoms with van der Waals surface area (Å²) < 4.78 is 5.45. The molecule has 0 saturated heterocycles. The zero-order chi connectivity index (χ0) is 14.1. The van der Waals surface area contributed by atoms with Crippen LogP contribution in [0.1, 0.15) is 25.7 Å². The molecule has 2 atom stereocenters. The van der Waals surface area contributed by atoms with Gasteiger partial charge in [-0.3, -0.25) is 4.79 Å². The lowest BCUT2D eigenvalue weighted by Gasteiger charge is -2.27. The van der Waals surface area contributed by atoms with Gasteiger partial charge in [0.2, 0.25) is 5.91 Å². The van der Waals surface area contributed by atoms with Crippen molar-refractivity contribution in [2.24, 2.45) is 17.6 Å². The molecule has 1 aliphatic carbocycles. The molecule has 0 aromatic rings. The molecule has 3 N–H and O–H groups in total. The van der Waals surface area contributed by atoms with E-state index in [9.17, 15) is 4.79 Å². The molecule has 0 aromatic carbocycles. The first kappa shape index (κ1) is 16.4. The van der Waals surface area contributed by atoms with Crippen molar-refractivity contribution >= 4 is 5.91 Å². The number of nitrogens with zero attached hydrogens (tertiary/aromatic N) is 1. The van der Waals surface area contributed by atoms with Gasteiger partial charge in [0.1, 0.15) is 0 Å². The van der Waals surface area contributed by atoms with Gasteiger partial charge in [0.05, 0.1) is 13.2 Å². The second-order valence-electron chi connectivity index (χ2n) is 5.67. The lowest BCUT2D eigenvalue weighted by molar-refractivity contribution is -0.126. The molecule has 5 nitrogen and oxygen atoms in total. The summed E-state index contributed by atoms with van der Waals surface area (Å²) in [5, 5.41) is 2.97. The van der Waals surface area contributed by atoms with Crippen LogP contribution in [0.15, 0.2) is 0 Å². The summed E-state index contributed by atoms with van der Waals surface area (Å²) >= 11 is 0. The van der Waals surface area contributed by atoms with Crippen LogP contribution in [0.25, 0.3) is 0 Å². The molecule has 1 fully saturated rings. The number of nitrogens with one attached hydrogen (secondary N) is 1. The van der Waals surface area contributed by atoms with Crippen LogP contribution in [0.5, 0.6) is 0 Å². The summed E-state index contributed by atoms with van der Waals surface area (Å²) in [5.74, 6) is 0.860. The Labute approximate surface area is 116 Å². The lowest BCUT2D eigenvalue weighted by atomic mass is 9.81. The highest BCUT2D eigenvalue weighted by molar-refractivity contribution is 5.78. The fourth-order valence-corrected chi connectivity index (χ4v) is 2.48. The Morgan fingerprint density at radius 2 is 2.16 bits per heavy atom. The number of amides is 1. The molecule has 19 heavy (non-hydrogen) atoms. The minimum atomic E-state index is 0.157. The average Bonchev–Trinajstić information content (AvgIpc) is 2.42. The van der Waals surface area contributed by atoms with E-state index in [2.05, 4.69) is 10.2 Å². The fourth-order valence-electron chi connectivity index (χ4n) is 2.48. The van der Waals surface area contributed by atoms with Gasteiger partial charge in [-0.1, -0.05) is 6.42 Å². The molecule has 0 aliphatic heterocycles. The lowest BCUT2D eigenvalue weighted by Crippen LogP contribution is -2.37. The van der Waals surface area contributed by atoms with Crippen molar-refractivity contribution in [3.05, 3.63) is 0 Å². The minimum Gasteiger partial charge on any atom is -0.378 e. The van der Waals surface area contributed by atoms with E-state index in [0.29, 0.717) is 32.2 Å². The highest BCUT2D eigenvalue weighted by Gasteiger charge is 2.26. The molecule has 112 valence electrons. The van der Waals surface area contributed by atoms with Gasteiger partial charge in [0.25, 0.3) is 0 Å². The molecule has 1 rings (SSSR count). The van der Waals surface area contributed by atoms with Crippen LogP contribution in [0.3, 0.4) is 0 Å². The zero-order valence-electron chi connectivity index (χ0n) is 12.4. The molecule has 0 heterocycles. The van der Waals surface area contributed by atoms with Crippen LogP contribution in [0.2, 0.25) is 0 Å². The molecule has 0 aromatic heterocycles. The molecular weight excluding hydrogens is 242 g/mol. The first-order valence-corrected chi connectivity index (χ1v) is 7.33. The standard InChI is InChI=1S/C14H29N3O2/c1-17(2)7-9-19-8-6-16-14(18)13-5-3-4-12(10-13)11-15/h12-13H,3-11,15H2,1-2H3,(H,16,18). The molecule has 1 saturated carbocycles. The van der Waals surface area contributed by atoms with Gasteiger partial charge in [0, 0.05) is 19.0 Å². The Balaban J connectivity index is 2.07. The van der Waals surface area contributed by atoms with Gasteiger partial charge in [0.15, 0.2) is 0 Å². The maximum atomic E-state index is 12.0. The number of rotatable bonds is 8. The maximum absolute atomic E-state index is 12.0. The monoisotopic (exact) mass is 271 g/mol. The number of hydrogen-bond acceptors (Lipinski definition) is 4. The summed E-state index contributed by atoms with van der Waals surface area (Å²) in [6.45, 7) is 3.52. The number of likely N-dealkylation sites (N-methyl/N-ethyl adjacent to an activating group) is 1. The Morgan fingerprint density at radius 1 is 1.37 bits per heavy atom. The minimum absolute atomic E-state index is 0.157. The Kier molecular flexibility index (Phi) is 8.02. The molecule has 5 heteroatoms. The van der Waals surface area contributed by atoms with E-state index in [4.69, 9.17) is 10.5 Å². The molecule has 0 radical (unpaired) electrons. The fraction of sp³-hybridized carbons (Fsp3) is 0.929. The van der Waals surface area contributed by atoms with Crippen molar-refractivity contribution in [2.45, 2.75) is 25.7 Å². The highest BCUT2D eigenvalue weighted by Crippen LogP contribution is 2.28. The number of carbonyl (C=O) groups excluding carboxylic acids is 1. The predicted molar refractivity (Wildman–Crippen MR) is 76.9 cm³/mol. The third kappa shape index (κ3) is 6.89. The van der Waals surface area contributed by atoms with E-state index < -0.39 is 0 Å². The van der Waals surface area contributed by atoms with Crippen molar-refractivity contribution in [1.29, 1.82) is 0 Å². The molecule has 0 bridgehead atoms. The summed E-state index contributed by atoms with van der Waals surface area (Å²) in [5.41, 5.74) is 5.69. The number of ether oxygens (including phenoxy) is 1. The van der Waals surface area contributed by atoms with E-state index in [-0.39, 0.29) is 11.8 Å². The predicted octanol–water partition coefficient (Wildman–Crippen LogP) is 0.446. The SMILES string of the molecule is CN(C)CCOCCNC(=O)C1CCCC(CN)C1. The van der Waals surface area contributed by atoms with Crippen LogP contribution in [-0.2, 0) is 9.53 Å². The van der Waals surface area contributed by atoms with Crippen LogP contribution in [0, 0.1) is 11.8 Å². The van der Waals surface area contributed by atoms with Crippen molar-refractivity contribution in [3.8, 4) is 0 Å². The van der Waals surface area contributed by atoms with E-state index in [1.807, 2.05) is 14.1 Å². The third-order valence-corrected chi connectivity index (χ3v) is 3.72. The van der Waals surface area contributed by atoms with Gasteiger partial charge < -0.3 is 20.7 Å². The van der Waals surface area contributed by atoms with Crippen molar-refractivity contribution in [1.82, 2.24) is 10.2 Å². The van der Waals surface area contributed by atoms with E-state index in [1.165, 1.54) is 6.42 Å². The number of carbonyl (C=O) groups is 1. The smallest absolute Gasteiger partial charge is 0.223 e. The first-order valence-electron chi connectivity index (χ1n) is 7.33. The van der Waals surface area contributed by atoms with Crippen LogP contribution in [-0.4, -0.2) is 57.8 Å². The normalized spacial score (nSPS) is 23.6. The van der Waals surface area contributed by atoms with Crippen molar-refractivity contribution < 1.29 is 9.53 Å². The van der Waals surface area contributed by atoms with Gasteiger partial charge >= 0.3 is 0 Å². The number of hydrogen-bond donors (Lipinski definition) is 2. The van der Waals surface area contributed by atoms with Crippen molar-refractivity contribution in [2.75, 3.05) is 46.9 Å². The number of nitrogens with two attached hydrogens (primary N) is 1. The van der Waals surface area contributed by atoms with Crippen LogP contribution in [0.4, 0.5) is 0 Å². The molecule has 0 spiro atoms. The third-order valence-electron chi connectivity index (χ3n) is 3.72. The van der Waals surface area contributed by atoms with Crippen LogP contribution >= 0.6 is 0 Å². The van der Waals surface area contributed by atoms with Gasteiger partial charge in [-0.2, -0.15) is 0 Å². The second-order valence-corrected chi connectivity index (χ2v) is 5.67.